The minimum absolute atomic E-state index is 0.0521. The molecule has 1 aliphatic heterocycles. The largest absolute Gasteiger partial charge is 0.383 e. The van der Waals surface area contributed by atoms with Gasteiger partial charge in [0.15, 0.2) is 0 Å². The fourth-order valence-corrected chi connectivity index (χ4v) is 1.41. The third kappa shape index (κ3) is 1.41. The lowest BCUT2D eigenvalue weighted by atomic mass is 9.93. The van der Waals surface area contributed by atoms with E-state index in [4.69, 9.17) is 10.5 Å². The molecule has 0 saturated carbocycles. The van der Waals surface area contributed by atoms with Crippen molar-refractivity contribution in [1.29, 1.82) is 0 Å². The second-order valence-electron chi connectivity index (χ2n) is 2.97. The van der Waals surface area contributed by atoms with Gasteiger partial charge in [0.1, 0.15) is 0 Å². The Kier molecular flexibility index (Phi) is 1.75. The van der Waals surface area contributed by atoms with E-state index in [1.165, 1.54) is 0 Å². The van der Waals surface area contributed by atoms with Gasteiger partial charge in [-0.25, -0.2) is 0 Å². The van der Waals surface area contributed by atoms with Gasteiger partial charge in [-0.05, 0) is 7.05 Å². The first-order valence-electron chi connectivity index (χ1n) is 3.13. The van der Waals surface area contributed by atoms with Crippen molar-refractivity contribution < 1.29 is 4.74 Å². The predicted octanol–water partition coefficient (Wildman–Crippen LogP) is -0.724. The molecule has 0 bridgehead atoms. The number of hydrogen-bond acceptors (Lipinski definition) is 3. The third-order valence-electron chi connectivity index (χ3n) is 1.60. The van der Waals surface area contributed by atoms with Gasteiger partial charge in [0.05, 0.1) is 12.1 Å². The van der Waals surface area contributed by atoms with Crippen molar-refractivity contribution in [2.45, 2.75) is 5.54 Å². The molecule has 0 amide bonds. The molecule has 0 radical (unpaired) electrons. The van der Waals surface area contributed by atoms with E-state index >= 15 is 0 Å². The summed E-state index contributed by atoms with van der Waals surface area (Å²) >= 11 is 0. The van der Waals surface area contributed by atoms with Crippen LogP contribution >= 0.6 is 0 Å². The Morgan fingerprint density at radius 1 is 1.67 bits per heavy atom. The molecule has 1 rings (SSSR count). The highest BCUT2D eigenvalue weighted by Gasteiger charge is 2.36. The summed E-state index contributed by atoms with van der Waals surface area (Å²) in [5.74, 6) is 0. The summed E-state index contributed by atoms with van der Waals surface area (Å²) in [5, 5.41) is 0. The van der Waals surface area contributed by atoms with Crippen molar-refractivity contribution in [2.24, 2.45) is 5.73 Å². The molecule has 9 heavy (non-hydrogen) atoms. The average molecular weight is 130 g/mol. The van der Waals surface area contributed by atoms with Gasteiger partial charge in [-0.3, -0.25) is 0 Å². The summed E-state index contributed by atoms with van der Waals surface area (Å²) in [7, 11) is 3.74. The number of methoxy groups -OCH3 is 1. The summed E-state index contributed by atoms with van der Waals surface area (Å²) < 4.78 is 4.95. The molecule has 0 spiro atoms. The molecule has 0 aromatic carbocycles. The fraction of sp³-hybridized carbons (Fsp3) is 1.00. The number of hydrogen-bond donors (Lipinski definition) is 1. The highest BCUT2D eigenvalue weighted by molar-refractivity contribution is 4.98. The van der Waals surface area contributed by atoms with Gasteiger partial charge in [-0.1, -0.05) is 0 Å². The number of likely N-dealkylation sites (tertiary alicyclic amines) is 1. The van der Waals surface area contributed by atoms with E-state index < -0.39 is 0 Å². The molecular weight excluding hydrogens is 116 g/mol. The molecule has 1 fully saturated rings. The van der Waals surface area contributed by atoms with Gasteiger partial charge in [0, 0.05) is 20.2 Å². The van der Waals surface area contributed by atoms with Gasteiger partial charge >= 0.3 is 0 Å². The van der Waals surface area contributed by atoms with Crippen molar-refractivity contribution >= 4 is 0 Å². The monoisotopic (exact) mass is 130 g/mol. The van der Waals surface area contributed by atoms with Crippen LogP contribution in [0.1, 0.15) is 0 Å². The SMILES string of the molecule is COCC1(N)CN(C)C1. The van der Waals surface area contributed by atoms with Gasteiger partial charge in [0.25, 0.3) is 0 Å². The van der Waals surface area contributed by atoms with Crippen LogP contribution in [0.5, 0.6) is 0 Å². The minimum Gasteiger partial charge on any atom is -0.383 e. The number of ether oxygens (including phenoxy) is 1. The maximum absolute atomic E-state index is 5.84. The van der Waals surface area contributed by atoms with Crippen LogP contribution in [0.15, 0.2) is 0 Å². The van der Waals surface area contributed by atoms with Crippen LogP contribution < -0.4 is 5.73 Å². The highest BCUT2D eigenvalue weighted by Crippen LogP contribution is 2.15. The van der Waals surface area contributed by atoms with Crippen LogP contribution in [-0.4, -0.2) is 44.3 Å². The molecular formula is C6H14N2O. The molecule has 0 aliphatic carbocycles. The third-order valence-corrected chi connectivity index (χ3v) is 1.60. The maximum Gasteiger partial charge on any atom is 0.0667 e. The molecule has 1 heterocycles. The molecule has 0 atom stereocenters. The molecule has 0 unspecified atom stereocenters. The lowest BCUT2D eigenvalue weighted by Gasteiger charge is -2.45. The standard InChI is InChI=1S/C6H14N2O/c1-8-3-6(7,4-8)5-9-2/h3-5,7H2,1-2H3. The molecule has 0 aromatic heterocycles. The van der Waals surface area contributed by atoms with Gasteiger partial charge in [-0.2, -0.15) is 0 Å². The van der Waals surface area contributed by atoms with E-state index in [0.29, 0.717) is 6.61 Å². The molecule has 54 valence electrons. The molecule has 1 aliphatic rings. The number of nitrogens with two attached hydrogens (primary N) is 1. The van der Waals surface area contributed by atoms with Crippen LogP contribution in [-0.2, 0) is 4.74 Å². The Hall–Kier alpha value is -0.120. The number of nitrogens with zero attached hydrogens (tertiary/aromatic N) is 1. The Labute approximate surface area is 55.8 Å². The second-order valence-corrected chi connectivity index (χ2v) is 2.97. The lowest BCUT2D eigenvalue weighted by molar-refractivity contribution is 0.0254. The van der Waals surface area contributed by atoms with E-state index in [-0.39, 0.29) is 5.54 Å². The summed E-state index contributed by atoms with van der Waals surface area (Å²) in [6, 6.07) is 0. The smallest absolute Gasteiger partial charge is 0.0667 e. The van der Waals surface area contributed by atoms with E-state index in [0.717, 1.165) is 13.1 Å². The molecule has 0 aromatic rings. The number of likely N-dealkylation sites (N-methyl/N-ethyl adjacent to an activating group) is 1. The van der Waals surface area contributed by atoms with Crippen LogP contribution in [0.3, 0.4) is 0 Å². The summed E-state index contributed by atoms with van der Waals surface area (Å²) in [5.41, 5.74) is 5.78. The van der Waals surface area contributed by atoms with Crippen LogP contribution in [0.2, 0.25) is 0 Å². The van der Waals surface area contributed by atoms with Crippen LogP contribution in [0.25, 0.3) is 0 Å². The molecule has 1 saturated heterocycles. The quantitative estimate of drug-likeness (QED) is 0.536. The number of rotatable bonds is 2. The summed E-state index contributed by atoms with van der Waals surface area (Å²) in [6.07, 6.45) is 0. The highest BCUT2D eigenvalue weighted by atomic mass is 16.5. The molecule has 3 heteroatoms. The zero-order valence-electron chi connectivity index (χ0n) is 6.05. The van der Waals surface area contributed by atoms with E-state index in [9.17, 15) is 0 Å². The van der Waals surface area contributed by atoms with Gasteiger partial charge < -0.3 is 15.4 Å². The van der Waals surface area contributed by atoms with Crippen LogP contribution in [0.4, 0.5) is 0 Å². The Morgan fingerprint density at radius 2 is 2.22 bits per heavy atom. The van der Waals surface area contributed by atoms with E-state index in [1.54, 1.807) is 7.11 Å². The van der Waals surface area contributed by atoms with Crippen molar-refractivity contribution in [3.8, 4) is 0 Å². The van der Waals surface area contributed by atoms with Crippen molar-refractivity contribution in [3.05, 3.63) is 0 Å². The first kappa shape index (κ1) is 6.99. The minimum atomic E-state index is -0.0521. The summed E-state index contributed by atoms with van der Waals surface area (Å²) in [4.78, 5) is 2.18. The summed E-state index contributed by atoms with van der Waals surface area (Å²) in [6.45, 7) is 2.60. The van der Waals surface area contributed by atoms with E-state index in [2.05, 4.69) is 11.9 Å². The zero-order chi connectivity index (χ0) is 6.91. The van der Waals surface area contributed by atoms with Crippen molar-refractivity contribution in [2.75, 3.05) is 33.9 Å². The normalized spacial score (nSPS) is 25.7. The van der Waals surface area contributed by atoms with Gasteiger partial charge in [0.2, 0.25) is 0 Å². The fourth-order valence-electron chi connectivity index (χ4n) is 1.41. The lowest BCUT2D eigenvalue weighted by Crippen LogP contribution is -2.68. The maximum atomic E-state index is 5.84. The Bertz CT molecular complexity index is 93.7. The Balaban J connectivity index is 2.23. The van der Waals surface area contributed by atoms with Crippen molar-refractivity contribution in [3.63, 3.8) is 0 Å². The molecule has 2 N–H and O–H groups in total. The second kappa shape index (κ2) is 2.25. The average Bonchev–Trinajstić information content (AvgIpc) is 1.62. The predicted molar refractivity (Wildman–Crippen MR) is 36.3 cm³/mol. The zero-order valence-corrected chi connectivity index (χ0v) is 6.05. The van der Waals surface area contributed by atoms with Gasteiger partial charge in [-0.15, -0.1) is 0 Å². The first-order valence-corrected chi connectivity index (χ1v) is 3.13. The van der Waals surface area contributed by atoms with E-state index in [1.807, 2.05) is 0 Å². The Morgan fingerprint density at radius 3 is 2.56 bits per heavy atom. The van der Waals surface area contributed by atoms with Crippen LogP contribution in [0, 0.1) is 0 Å². The topological polar surface area (TPSA) is 38.5 Å². The molecule has 3 nitrogen and oxygen atoms in total. The first-order chi connectivity index (χ1) is 4.16. The van der Waals surface area contributed by atoms with Crippen molar-refractivity contribution in [1.82, 2.24) is 4.90 Å².